The molecule has 2 aromatic carbocycles. The smallest absolute Gasteiger partial charge is 0.315 e. The first-order valence-electron chi connectivity index (χ1n) is 10.0. The largest absolute Gasteiger partial charge is 0.497 e. The number of benzene rings is 2. The normalized spacial score (nSPS) is 12.4. The van der Waals surface area contributed by atoms with E-state index in [0.29, 0.717) is 13.1 Å². The average molecular weight is 414 g/mol. The number of carbonyl (C=O) groups is 2. The van der Waals surface area contributed by atoms with Crippen LogP contribution in [0.4, 0.5) is 4.79 Å². The van der Waals surface area contributed by atoms with Crippen LogP contribution in [-0.4, -0.2) is 32.2 Å². The minimum atomic E-state index is -0.633. The molecular formula is C23H31N3O4. The summed E-state index contributed by atoms with van der Waals surface area (Å²) in [5.41, 5.74) is 1.83. The molecular weight excluding hydrogens is 382 g/mol. The van der Waals surface area contributed by atoms with Gasteiger partial charge in [0, 0.05) is 13.1 Å². The third-order valence-electron chi connectivity index (χ3n) is 4.97. The van der Waals surface area contributed by atoms with Crippen LogP contribution in [0.3, 0.4) is 0 Å². The van der Waals surface area contributed by atoms with Gasteiger partial charge in [0.1, 0.15) is 17.5 Å². The fourth-order valence-corrected chi connectivity index (χ4v) is 2.94. The van der Waals surface area contributed by atoms with Gasteiger partial charge in [0.05, 0.1) is 14.2 Å². The standard InChI is InChI=1S/C23H31N3O4/c1-5-16(2)21(22(27)24-14-17-8-6-10-19(12-17)29-3)26-23(28)25-15-18-9-7-11-20(13-18)30-4/h6-13,16,21H,5,14-15H2,1-4H3,(H,24,27)(H2,25,26,28)/t16-,21-/m0/s1. The van der Waals surface area contributed by atoms with E-state index in [0.717, 1.165) is 29.0 Å². The number of hydrogen-bond donors (Lipinski definition) is 3. The molecule has 2 rings (SSSR count). The molecule has 0 radical (unpaired) electrons. The first-order chi connectivity index (χ1) is 14.5. The maximum atomic E-state index is 12.8. The van der Waals surface area contributed by atoms with Gasteiger partial charge in [0.25, 0.3) is 0 Å². The van der Waals surface area contributed by atoms with Crippen LogP contribution in [0.5, 0.6) is 11.5 Å². The Hall–Kier alpha value is -3.22. The van der Waals surface area contributed by atoms with Crippen LogP contribution in [0.1, 0.15) is 31.4 Å². The third kappa shape index (κ3) is 6.99. The molecule has 0 aliphatic heterocycles. The van der Waals surface area contributed by atoms with Crippen molar-refractivity contribution in [2.24, 2.45) is 5.92 Å². The lowest BCUT2D eigenvalue weighted by atomic mass is 9.98. The van der Waals surface area contributed by atoms with E-state index in [1.54, 1.807) is 14.2 Å². The highest BCUT2D eigenvalue weighted by Gasteiger charge is 2.25. The van der Waals surface area contributed by atoms with Crippen LogP contribution in [-0.2, 0) is 17.9 Å². The van der Waals surface area contributed by atoms with E-state index < -0.39 is 6.04 Å². The molecule has 0 unspecified atom stereocenters. The first kappa shape index (κ1) is 23.1. The lowest BCUT2D eigenvalue weighted by Gasteiger charge is -2.24. The molecule has 2 atom stereocenters. The highest BCUT2D eigenvalue weighted by molar-refractivity contribution is 5.87. The maximum Gasteiger partial charge on any atom is 0.315 e. The molecule has 30 heavy (non-hydrogen) atoms. The van der Waals surface area contributed by atoms with Crippen molar-refractivity contribution in [3.8, 4) is 11.5 Å². The summed E-state index contributed by atoms with van der Waals surface area (Å²) in [5, 5.41) is 8.51. The number of carbonyl (C=O) groups excluding carboxylic acids is 2. The lowest BCUT2D eigenvalue weighted by molar-refractivity contribution is -0.124. The topological polar surface area (TPSA) is 88.7 Å². The van der Waals surface area contributed by atoms with Gasteiger partial charge in [-0.1, -0.05) is 44.5 Å². The summed E-state index contributed by atoms with van der Waals surface area (Å²) in [6.07, 6.45) is 0.757. The molecule has 0 aliphatic rings. The van der Waals surface area contributed by atoms with Crippen molar-refractivity contribution < 1.29 is 19.1 Å². The Labute approximate surface area is 178 Å². The van der Waals surface area contributed by atoms with Gasteiger partial charge in [-0.3, -0.25) is 4.79 Å². The molecule has 0 spiro atoms. The zero-order chi connectivity index (χ0) is 21.9. The molecule has 0 bridgehead atoms. The van der Waals surface area contributed by atoms with Crippen molar-refractivity contribution in [2.45, 2.75) is 39.4 Å². The SMILES string of the molecule is CC[C@H](C)[C@H](NC(=O)NCc1cccc(OC)c1)C(=O)NCc1cccc(OC)c1. The van der Waals surface area contributed by atoms with E-state index in [-0.39, 0.29) is 17.9 Å². The fraction of sp³-hybridized carbons (Fsp3) is 0.391. The Morgan fingerprint density at radius 1 is 0.900 bits per heavy atom. The molecule has 0 saturated carbocycles. The van der Waals surface area contributed by atoms with Gasteiger partial charge in [0.2, 0.25) is 5.91 Å². The van der Waals surface area contributed by atoms with Crippen LogP contribution in [0.15, 0.2) is 48.5 Å². The van der Waals surface area contributed by atoms with Crippen molar-refractivity contribution in [2.75, 3.05) is 14.2 Å². The van der Waals surface area contributed by atoms with Gasteiger partial charge >= 0.3 is 6.03 Å². The first-order valence-corrected chi connectivity index (χ1v) is 10.0. The monoisotopic (exact) mass is 413 g/mol. The Morgan fingerprint density at radius 3 is 1.93 bits per heavy atom. The average Bonchev–Trinajstić information content (AvgIpc) is 2.79. The number of urea groups is 1. The Morgan fingerprint density at radius 2 is 1.43 bits per heavy atom. The summed E-state index contributed by atoms with van der Waals surface area (Å²) in [4.78, 5) is 25.2. The molecule has 7 nitrogen and oxygen atoms in total. The van der Waals surface area contributed by atoms with Crippen LogP contribution < -0.4 is 25.4 Å². The predicted octanol–water partition coefficient (Wildman–Crippen LogP) is 3.23. The van der Waals surface area contributed by atoms with Crippen LogP contribution in [0, 0.1) is 5.92 Å². The van der Waals surface area contributed by atoms with Crippen molar-refractivity contribution in [1.29, 1.82) is 0 Å². The number of nitrogens with one attached hydrogen (secondary N) is 3. The van der Waals surface area contributed by atoms with Gasteiger partial charge in [0.15, 0.2) is 0 Å². The molecule has 3 amide bonds. The maximum absolute atomic E-state index is 12.8. The quantitative estimate of drug-likeness (QED) is 0.558. The van der Waals surface area contributed by atoms with Crippen LogP contribution in [0.25, 0.3) is 0 Å². The summed E-state index contributed by atoms with van der Waals surface area (Å²) in [6, 6.07) is 13.9. The van der Waals surface area contributed by atoms with Gasteiger partial charge in [-0.15, -0.1) is 0 Å². The van der Waals surface area contributed by atoms with Crippen LogP contribution >= 0.6 is 0 Å². The second kappa shape index (κ2) is 11.7. The Bertz CT molecular complexity index is 841. The minimum absolute atomic E-state index is 0.0159. The minimum Gasteiger partial charge on any atom is -0.497 e. The Balaban J connectivity index is 1.93. The number of rotatable bonds is 10. The van der Waals surface area contributed by atoms with Gasteiger partial charge in [-0.2, -0.15) is 0 Å². The van der Waals surface area contributed by atoms with Crippen molar-refractivity contribution in [1.82, 2.24) is 16.0 Å². The van der Waals surface area contributed by atoms with Gasteiger partial charge < -0.3 is 25.4 Å². The summed E-state index contributed by atoms with van der Waals surface area (Å²) < 4.78 is 10.4. The molecule has 7 heteroatoms. The zero-order valence-electron chi connectivity index (χ0n) is 18.0. The molecule has 162 valence electrons. The summed E-state index contributed by atoms with van der Waals surface area (Å²) in [6.45, 7) is 4.62. The van der Waals surface area contributed by atoms with Gasteiger partial charge in [-0.25, -0.2) is 4.79 Å². The molecule has 0 aliphatic carbocycles. The van der Waals surface area contributed by atoms with E-state index >= 15 is 0 Å². The van der Waals surface area contributed by atoms with E-state index in [2.05, 4.69) is 16.0 Å². The van der Waals surface area contributed by atoms with E-state index in [1.807, 2.05) is 62.4 Å². The lowest BCUT2D eigenvalue weighted by Crippen LogP contribution is -2.52. The second-order valence-electron chi connectivity index (χ2n) is 7.11. The number of amides is 3. The predicted molar refractivity (Wildman–Crippen MR) is 116 cm³/mol. The molecule has 0 fully saturated rings. The fourth-order valence-electron chi connectivity index (χ4n) is 2.94. The molecule has 0 heterocycles. The van der Waals surface area contributed by atoms with Gasteiger partial charge in [-0.05, 0) is 41.3 Å². The highest BCUT2D eigenvalue weighted by atomic mass is 16.5. The number of ether oxygens (including phenoxy) is 2. The van der Waals surface area contributed by atoms with Crippen LogP contribution in [0.2, 0.25) is 0 Å². The zero-order valence-corrected chi connectivity index (χ0v) is 18.0. The molecule has 0 saturated heterocycles. The Kier molecular flexibility index (Phi) is 9.00. The molecule has 0 aromatic heterocycles. The van der Waals surface area contributed by atoms with Crippen molar-refractivity contribution in [3.05, 3.63) is 59.7 Å². The summed E-state index contributed by atoms with van der Waals surface area (Å²) in [7, 11) is 3.20. The third-order valence-corrected chi connectivity index (χ3v) is 4.97. The van der Waals surface area contributed by atoms with Crippen molar-refractivity contribution >= 4 is 11.9 Å². The van der Waals surface area contributed by atoms with E-state index in [9.17, 15) is 9.59 Å². The number of methoxy groups -OCH3 is 2. The number of hydrogen-bond acceptors (Lipinski definition) is 4. The van der Waals surface area contributed by atoms with E-state index in [1.165, 1.54) is 0 Å². The highest BCUT2D eigenvalue weighted by Crippen LogP contribution is 2.14. The van der Waals surface area contributed by atoms with E-state index in [4.69, 9.17) is 9.47 Å². The van der Waals surface area contributed by atoms with Crippen molar-refractivity contribution in [3.63, 3.8) is 0 Å². The summed E-state index contributed by atoms with van der Waals surface area (Å²) >= 11 is 0. The summed E-state index contributed by atoms with van der Waals surface area (Å²) in [5.74, 6) is 1.22. The molecule has 2 aromatic rings. The second-order valence-corrected chi connectivity index (χ2v) is 7.11. The molecule has 3 N–H and O–H groups in total.